The summed E-state index contributed by atoms with van der Waals surface area (Å²) >= 11 is 1.32. The van der Waals surface area contributed by atoms with Crippen LogP contribution in [0.15, 0.2) is 5.38 Å². The molecule has 1 N–H and O–H groups in total. The lowest BCUT2D eigenvalue weighted by Gasteiger charge is -2.16. The molecule has 0 unspecified atom stereocenters. The van der Waals surface area contributed by atoms with E-state index < -0.39 is 12.1 Å². The molecule has 1 aromatic heterocycles. The van der Waals surface area contributed by atoms with E-state index >= 15 is 0 Å². The van der Waals surface area contributed by atoms with Crippen LogP contribution in [0, 0.1) is 0 Å². The summed E-state index contributed by atoms with van der Waals surface area (Å²) in [5, 5.41) is 4.65. The molecule has 2 heterocycles. The molecule has 0 radical (unpaired) electrons. The molecule has 0 aromatic carbocycles. The Hall–Kier alpha value is -0.750. The van der Waals surface area contributed by atoms with E-state index in [-0.39, 0.29) is 5.56 Å². The summed E-state index contributed by atoms with van der Waals surface area (Å²) in [4.78, 5) is 0.851. The molecule has 0 fully saturated rings. The predicted octanol–water partition coefficient (Wildman–Crippen LogP) is 2.90. The van der Waals surface area contributed by atoms with Crippen LogP contribution in [0.4, 0.5) is 13.2 Å². The maximum atomic E-state index is 12.6. The number of hydrogen-bond acceptors (Lipinski definition) is 3. The Bertz CT molecular complexity index is 375. The molecule has 1 aromatic rings. The van der Waals surface area contributed by atoms with Crippen LogP contribution in [0.2, 0.25) is 0 Å². The number of thiophene rings is 1. The van der Waals surface area contributed by atoms with Gasteiger partial charge in [-0.2, -0.15) is 13.2 Å². The summed E-state index contributed by atoms with van der Waals surface area (Å²) in [6.07, 6.45) is -4.21. The number of alkyl halides is 3. The first-order valence-corrected chi connectivity index (χ1v) is 5.88. The van der Waals surface area contributed by atoms with Gasteiger partial charge in [-0.25, -0.2) is 0 Å². The minimum atomic E-state index is -4.21. The molecule has 90 valence electrons. The van der Waals surface area contributed by atoms with Crippen molar-refractivity contribution in [2.45, 2.75) is 25.6 Å². The lowest BCUT2D eigenvalue weighted by molar-refractivity contribution is -0.146. The fraction of sp³-hybridized carbons (Fsp3) is 0.600. The molecule has 0 saturated heterocycles. The fourth-order valence-corrected chi connectivity index (χ4v) is 2.64. The van der Waals surface area contributed by atoms with Gasteiger partial charge in [-0.3, -0.25) is 0 Å². The van der Waals surface area contributed by atoms with Crippen LogP contribution in [0.1, 0.15) is 23.3 Å². The van der Waals surface area contributed by atoms with E-state index in [2.05, 4.69) is 5.32 Å². The summed E-state index contributed by atoms with van der Waals surface area (Å²) in [5.74, 6) is -1.04. The summed E-state index contributed by atoms with van der Waals surface area (Å²) < 4.78 is 43.2. The lowest BCUT2D eigenvalue weighted by atomic mass is 10.0. The van der Waals surface area contributed by atoms with Crippen molar-refractivity contribution < 1.29 is 17.9 Å². The van der Waals surface area contributed by atoms with E-state index in [4.69, 9.17) is 4.74 Å². The molecule has 0 amide bonds. The van der Waals surface area contributed by atoms with Gasteiger partial charge in [0.15, 0.2) is 0 Å². The van der Waals surface area contributed by atoms with Gasteiger partial charge in [-0.15, -0.1) is 11.3 Å². The first-order valence-electron chi connectivity index (χ1n) is 5.00. The normalized spacial score (nSPS) is 18.5. The van der Waals surface area contributed by atoms with Crippen LogP contribution in [0.5, 0.6) is 5.75 Å². The third-order valence-corrected chi connectivity index (χ3v) is 3.60. The Morgan fingerprint density at radius 1 is 1.50 bits per heavy atom. The van der Waals surface area contributed by atoms with Crippen molar-refractivity contribution in [3.05, 3.63) is 15.8 Å². The summed E-state index contributed by atoms with van der Waals surface area (Å²) in [6, 6.07) is 0. The van der Waals surface area contributed by atoms with Gasteiger partial charge < -0.3 is 10.1 Å². The first-order chi connectivity index (χ1) is 7.50. The van der Waals surface area contributed by atoms with Gasteiger partial charge in [-0.05, 0) is 12.3 Å². The van der Waals surface area contributed by atoms with Gasteiger partial charge in [0, 0.05) is 18.7 Å². The second-order valence-corrected chi connectivity index (χ2v) is 4.70. The van der Waals surface area contributed by atoms with Gasteiger partial charge in [0.1, 0.15) is 12.4 Å². The highest BCUT2D eigenvalue weighted by Crippen LogP contribution is 2.43. The van der Waals surface area contributed by atoms with Crippen LogP contribution in [-0.4, -0.2) is 19.3 Å². The van der Waals surface area contributed by atoms with Gasteiger partial charge >= 0.3 is 6.18 Å². The second kappa shape index (κ2) is 4.25. The van der Waals surface area contributed by atoms with Crippen LogP contribution < -0.4 is 10.1 Å². The number of hydrogen-bond donors (Lipinski definition) is 1. The van der Waals surface area contributed by atoms with Crippen LogP contribution in [0.3, 0.4) is 0 Å². The maximum absolute atomic E-state index is 12.6. The molecule has 1 aliphatic heterocycles. The van der Waals surface area contributed by atoms with Gasteiger partial charge in [0.2, 0.25) is 0 Å². The van der Waals surface area contributed by atoms with Crippen molar-refractivity contribution in [2.75, 3.05) is 13.2 Å². The number of fused-ring (bicyclic) bond motifs is 1. The van der Waals surface area contributed by atoms with Gasteiger partial charge in [0.05, 0.1) is 10.8 Å². The van der Waals surface area contributed by atoms with E-state index in [1.165, 1.54) is 18.3 Å². The number of rotatable bonds is 1. The van der Waals surface area contributed by atoms with Crippen molar-refractivity contribution in [2.24, 2.45) is 0 Å². The molecule has 0 spiro atoms. The Balaban J connectivity index is 2.32. The highest BCUT2D eigenvalue weighted by atomic mass is 32.1. The summed E-state index contributed by atoms with van der Waals surface area (Å²) in [6.45, 7) is 2.84. The molecule has 0 aliphatic carbocycles. The van der Waals surface area contributed by atoms with E-state index in [0.717, 1.165) is 4.88 Å². The molecule has 0 bridgehead atoms. The Labute approximate surface area is 95.4 Å². The fourth-order valence-electron chi connectivity index (χ4n) is 1.59. The average Bonchev–Trinajstić information content (AvgIpc) is 2.44. The zero-order valence-electron chi connectivity index (χ0n) is 8.73. The second-order valence-electron chi connectivity index (χ2n) is 3.73. The zero-order valence-corrected chi connectivity index (χ0v) is 9.54. The third-order valence-electron chi connectivity index (χ3n) is 2.61. The van der Waals surface area contributed by atoms with Crippen LogP contribution >= 0.6 is 11.3 Å². The quantitative estimate of drug-likeness (QED) is 0.828. The average molecular weight is 251 g/mol. The highest BCUT2D eigenvalue weighted by molar-refractivity contribution is 7.10. The van der Waals surface area contributed by atoms with Crippen molar-refractivity contribution in [3.63, 3.8) is 0 Å². The van der Waals surface area contributed by atoms with E-state index in [0.29, 0.717) is 25.4 Å². The minimum absolute atomic E-state index is 0.260. The Kier molecular flexibility index (Phi) is 3.12. The topological polar surface area (TPSA) is 21.3 Å². The lowest BCUT2D eigenvalue weighted by Crippen LogP contribution is -2.18. The Morgan fingerprint density at radius 2 is 2.25 bits per heavy atom. The molecule has 16 heavy (non-hydrogen) atoms. The molecule has 1 aliphatic rings. The smallest absolute Gasteiger partial charge is 0.395 e. The maximum Gasteiger partial charge on any atom is 0.395 e. The van der Waals surface area contributed by atoms with Gasteiger partial charge in [-0.1, -0.05) is 0 Å². The summed E-state index contributed by atoms with van der Waals surface area (Å²) in [5.41, 5.74) is 0.260. The van der Waals surface area contributed by atoms with Crippen molar-refractivity contribution in [1.82, 2.24) is 5.32 Å². The van der Waals surface area contributed by atoms with Crippen LogP contribution in [-0.2, 0) is 6.54 Å². The van der Waals surface area contributed by atoms with E-state index in [1.807, 2.05) is 0 Å². The van der Waals surface area contributed by atoms with E-state index in [1.54, 1.807) is 5.38 Å². The molecule has 6 heteroatoms. The summed E-state index contributed by atoms with van der Waals surface area (Å²) in [7, 11) is 0. The molecule has 0 saturated carbocycles. The molecular formula is C10H12F3NOS. The first kappa shape index (κ1) is 11.7. The van der Waals surface area contributed by atoms with Crippen LogP contribution in [0.25, 0.3) is 0 Å². The Morgan fingerprint density at radius 3 is 2.94 bits per heavy atom. The number of halogens is 3. The van der Waals surface area contributed by atoms with E-state index in [9.17, 15) is 13.2 Å². The monoisotopic (exact) mass is 251 g/mol. The molecule has 2 nitrogen and oxygen atoms in total. The predicted molar refractivity (Wildman–Crippen MR) is 56.0 cm³/mol. The number of ether oxygens (including phenoxy) is 1. The SMILES string of the molecule is C[C@@H](c1csc2c1OCCNC2)C(F)(F)F. The molecular weight excluding hydrogens is 239 g/mol. The van der Waals surface area contributed by atoms with Gasteiger partial charge in [0.25, 0.3) is 0 Å². The molecule has 2 rings (SSSR count). The number of nitrogens with one attached hydrogen (secondary N) is 1. The third kappa shape index (κ3) is 2.17. The van der Waals surface area contributed by atoms with Crippen molar-refractivity contribution in [1.29, 1.82) is 0 Å². The molecule has 1 atom stereocenters. The highest BCUT2D eigenvalue weighted by Gasteiger charge is 2.39. The van der Waals surface area contributed by atoms with Crippen molar-refractivity contribution >= 4 is 11.3 Å². The zero-order chi connectivity index (χ0) is 11.8. The largest absolute Gasteiger partial charge is 0.491 e. The minimum Gasteiger partial charge on any atom is -0.491 e. The standard InChI is InChI=1S/C10H12F3NOS/c1-6(10(11,12)13)7-5-16-8-4-14-2-3-15-9(7)8/h5-6,14H,2-4H2,1H3/t6-/m0/s1. The van der Waals surface area contributed by atoms with Crippen molar-refractivity contribution in [3.8, 4) is 5.75 Å².